The van der Waals surface area contributed by atoms with Crippen molar-refractivity contribution in [2.75, 3.05) is 4.90 Å². The maximum atomic E-state index is 6.68. The minimum absolute atomic E-state index is 0.108. The first-order chi connectivity index (χ1) is 22.3. The summed E-state index contributed by atoms with van der Waals surface area (Å²) in [4.78, 5) is 12.0. The monoisotopic (exact) mass is 581 g/mol. The Labute approximate surface area is 259 Å². The molecule has 214 valence electrons. The van der Waals surface area contributed by atoms with Crippen LogP contribution in [0.25, 0.3) is 55.8 Å². The molecule has 6 aromatic rings. The van der Waals surface area contributed by atoms with E-state index in [1.165, 1.54) is 44.2 Å². The van der Waals surface area contributed by atoms with Crippen molar-refractivity contribution >= 4 is 44.5 Å². The fourth-order valence-electron chi connectivity index (χ4n) is 8.59. The van der Waals surface area contributed by atoms with Crippen molar-refractivity contribution in [2.24, 2.45) is 11.8 Å². The van der Waals surface area contributed by atoms with E-state index in [1.54, 1.807) is 0 Å². The van der Waals surface area contributed by atoms with Gasteiger partial charge in [-0.3, -0.25) is 9.97 Å². The summed E-state index contributed by atoms with van der Waals surface area (Å²) in [5.41, 5.74) is 11.7. The van der Waals surface area contributed by atoms with Crippen LogP contribution in [0.5, 0.6) is 0 Å². The van der Waals surface area contributed by atoms with E-state index in [0.717, 1.165) is 40.2 Å². The predicted molar refractivity (Wildman–Crippen MR) is 179 cm³/mol. The van der Waals surface area contributed by atoms with Gasteiger partial charge in [-0.1, -0.05) is 48.6 Å². The Kier molecular flexibility index (Phi) is 4.50. The maximum absolute atomic E-state index is 6.68. The molecule has 3 aliphatic heterocycles. The number of nitrogens with one attached hydrogen (secondary N) is 1. The van der Waals surface area contributed by atoms with E-state index < -0.39 is 0 Å². The average Bonchev–Trinajstić information content (AvgIpc) is 3.75. The van der Waals surface area contributed by atoms with Gasteiger partial charge in [-0.15, -0.1) is 0 Å². The Bertz CT molecular complexity index is 2420. The van der Waals surface area contributed by atoms with E-state index in [1.807, 2.05) is 30.7 Å². The minimum Gasteiger partial charge on any atom is -0.456 e. The van der Waals surface area contributed by atoms with Gasteiger partial charge in [-0.25, -0.2) is 0 Å². The van der Waals surface area contributed by atoms with Crippen LogP contribution in [0.4, 0.5) is 5.69 Å². The van der Waals surface area contributed by atoms with Gasteiger partial charge in [0.05, 0.1) is 51.8 Å². The number of dihydropyridines is 1. The van der Waals surface area contributed by atoms with Gasteiger partial charge in [0.1, 0.15) is 11.3 Å². The zero-order chi connectivity index (χ0) is 29.2. The van der Waals surface area contributed by atoms with Gasteiger partial charge in [-0.2, -0.15) is 0 Å². The summed E-state index contributed by atoms with van der Waals surface area (Å²) >= 11 is 0. The standard InChI is InChI=1S/C39H27N5O/c1-3-16-41-28(5-1)22-7-9-24-26-11-13-34-36-37-35(45-34)14-12-27-25-10-8-23(29-6-2-4-17-42-29)20-32(25)44(39(27)37)33-21-40-18-15-30(33)43(38(26)36)31(24)19-22/h1-18,20-22,26,28,38,41H,19H2. The lowest BCUT2D eigenvalue weighted by Crippen LogP contribution is -2.35. The molecule has 0 radical (unpaired) electrons. The van der Waals surface area contributed by atoms with Crippen molar-refractivity contribution in [2.45, 2.75) is 18.5 Å². The molecule has 5 aliphatic rings. The first-order valence-electron chi connectivity index (χ1n) is 15.7. The van der Waals surface area contributed by atoms with Crippen LogP contribution in [0, 0.1) is 11.8 Å². The van der Waals surface area contributed by atoms with Crippen LogP contribution in [0.3, 0.4) is 0 Å². The second-order valence-electron chi connectivity index (χ2n) is 12.6. The normalized spacial score (nSPS) is 23.6. The molecule has 0 saturated heterocycles. The number of hydrogen-bond donors (Lipinski definition) is 1. The van der Waals surface area contributed by atoms with Crippen LogP contribution >= 0.6 is 0 Å². The van der Waals surface area contributed by atoms with Crippen LogP contribution in [-0.2, 0) is 0 Å². The Morgan fingerprint density at radius 1 is 0.889 bits per heavy atom. The first kappa shape index (κ1) is 23.8. The van der Waals surface area contributed by atoms with Crippen LogP contribution in [-0.4, -0.2) is 20.6 Å². The lowest BCUT2D eigenvalue weighted by Gasteiger charge is -2.37. The topological polar surface area (TPSA) is 59.1 Å². The zero-order valence-corrected chi connectivity index (χ0v) is 24.3. The lowest BCUT2D eigenvalue weighted by molar-refractivity contribution is 0.502. The highest BCUT2D eigenvalue weighted by atomic mass is 16.3. The Hall–Kier alpha value is -5.62. The van der Waals surface area contributed by atoms with Crippen LogP contribution in [0.1, 0.15) is 23.8 Å². The second kappa shape index (κ2) is 8.51. The number of anilines is 1. The number of allylic oxidation sites excluding steroid dienone is 4. The van der Waals surface area contributed by atoms with E-state index in [9.17, 15) is 0 Å². The number of furan rings is 1. The molecule has 7 heterocycles. The molecule has 2 aromatic carbocycles. The molecule has 0 bridgehead atoms. The molecule has 0 amide bonds. The maximum Gasteiger partial charge on any atom is 0.137 e. The number of pyridine rings is 2. The fourth-order valence-corrected chi connectivity index (χ4v) is 8.59. The fraction of sp³-hybridized carbons (Fsp3) is 0.128. The summed E-state index contributed by atoms with van der Waals surface area (Å²) in [6.07, 6.45) is 24.8. The highest BCUT2D eigenvalue weighted by Gasteiger charge is 2.48. The molecule has 4 aromatic heterocycles. The van der Waals surface area contributed by atoms with Crippen molar-refractivity contribution in [1.82, 2.24) is 19.9 Å². The summed E-state index contributed by atoms with van der Waals surface area (Å²) in [7, 11) is 0. The van der Waals surface area contributed by atoms with Gasteiger partial charge in [-0.05, 0) is 66.7 Å². The van der Waals surface area contributed by atoms with Gasteiger partial charge < -0.3 is 19.2 Å². The molecule has 4 unspecified atom stereocenters. The highest BCUT2D eigenvalue weighted by molar-refractivity contribution is 6.20. The van der Waals surface area contributed by atoms with Crippen molar-refractivity contribution in [3.63, 3.8) is 0 Å². The average molecular weight is 582 g/mol. The molecule has 6 nitrogen and oxygen atoms in total. The molecule has 0 fully saturated rings. The molecule has 45 heavy (non-hydrogen) atoms. The van der Waals surface area contributed by atoms with Gasteiger partial charge in [0.25, 0.3) is 0 Å². The van der Waals surface area contributed by atoms with Crippen LogP contribution < -0.4 is 10.2 Å². The Balaban J connectivity index is 1.23. The number of benzene rings is 2. The second-order valence-corrected chi connectivity index (χ2v) is 12.6. The molecule has 0 saturated carbocycles. The molecule has 6 heteroatoms. The summed E-state index contributed by atoms with van der Waals surface area (Å²) in [5.74, 6) is 1.55. The third kappa shape index (κ3) is 3.03. The zero-order valence-electron chi connectivity index (χ0n) is 24.3. The molecular weight excluding hydrogens is 554 g/mol. The molecule has 2 aliphatic carbocycles. The number of rotatable bonds is 2. The molecule has 0 spiro atoms. The Morgan fingerprint density at radius 3 is 2.78 bits per heavy atom. The number of hydrogen-bond acceptors (Lipinski definition) is 5. The van der Waals surface area contributed by atoms with E-state index in [2.05, 4.69) is 111 Å². The largest absolute Gasteiger partial charge is 0.456 e. The van der Waals surface area contributed by atoms with Gasteiger partial charge >= 0.3 is 0 Å². The van der Waals surface area contributed by atoms with Crippen molar-refractivity contribution in [3.05, 3.63) is 138 Å². The molecular formula is C39H27N5O. The summed E-state index contributed by atoms with van der Waals surface area (Å²) in [5, 5.41) is 7.23. The summed E-state index contributed by atoms with van der Waals surface area (Å²) in [6.45, 7) is 0. The predicted octanol–water partition coefficient (Wildman–Crippen LogP) is 8.38. The number of fused-ring (bicyclic) bond motifs is 8. The van der Waals surface area contributed by atoms with Gasteiger partial charge in [0.15, 0.2) is 0 Å². The van der Waals surface area contributed by atoms with Crippen molar-refractivity contribution < 1.29 is 4.42 Å². The SMILES string of the molecule is C1=CNC(C2C=CC3=C(C2)N2c4ccncc4-n4c5cc(-c6ccccn6)ccc5c5ccc6oc7c(c6c54)C2C3C=C7)C=C1. The third-order valence-electron chi connectivity index (χ3n) is 10.5. The minimum atomic E-state index is 0.108. The summed E-state index contributed by atoms with van der Waals surface area (Å²) < 4.78 is 9.12. The molecule has 11 rings (SSSR count). The van der Waals surface area contributed by atoms with Crippen molar-refractivity contribution in [3.8, 4) is 16.9 Å². The molecule has 4 atom stereocenters. The van der Waals surface area contributed by atoms with Crippen LogP contribution in [0.15, 0.2) is 132 Å². The number of aromatic nitrogens is 3. The van der Waals surface area contributed by atoms with Crippen molar-refractivity contribution in [1.29, 1.82) is 0 Å². The Morgan fingerprint density at radius 2 is 1.87 bits per heavy atom. The highest BCUT2D eigenvalue weighted by Crippen LogP contribution is 2.58. The van der Waals surface area contributed by atoms with Gasteiger partial charge in [0, 0.05) is 51.8 Å². The van der Waals surface area contributed by atoms with E-state index in [4.69, 9.17) is 9.40 Å². The van der Waals surface area contributed by atoms with E-state index >= 15 is 0 Å². The van der Waals surface area contributed by atoms with Gasteiger partial charge in [0.2, 0.25) is 0 Å². The quantitative estimate of drug-likeness (QED) is 0.223. The molecule has 1 N–H and O–H groups in total. The lowest BCUT2D eigenvalue weighted by atomic mass is 9.81. The summed E-state index contributed by atoms with van der Waals surface area (Å²) in [6, 6.07) is 19.8. The van der Waals surface area contributed by atoms with Crippen LogP contribution in [0.2, 0.25) is 0 Å². The van der Waals surface area contributed by atoms with E-state index in [0.29, 0.717) is 5.92 Å². The first-order valence-corrected chi connectivity index (χ1v) is 15.7. The number of nitrogens with zero attached hydrogens (tertiary/aromatic N) is 4. The third-order valence-corrected chi connectivity index (χ3v) is 10.5. The smallest absolute Gasteiger partial charge is 0.137 e. The van der Waals surface area contributed by atoms with E-state index in [-0.39, 0.29) is 18.0 Å².